The van der Waals surface area contributed by atoms with E-state index in [1.165, 1.54) is 12.0 Å². The van der Waals surface area contributed by atoms with Crippen LogP contribution in [0.4, 0.5) is 0 Å². The van der Waals surface area contributed by atoms with Crippen molar-refractivity contribution in [3.05, 3.63) is 29.6 Å². The van der Waals surface area contributed by atoms with Gasteiger partial charge < -0.3 is 9.64 Å². The van der Waals surface area contributed by atoms with Crippen LogP contribution in [-0.2, 0) is 9.53 Å². The van der Waals surface area contributed by atoms with Crippen LogP contribution < -0.4 is 0 Å². The molecule has 1 aromatic heterocycles. The molecule has 0 saturated heterocycles. The summed E-state index contributed by atoms with van der Waals surface area (Å²) < 4.78 is 4.54. The van der Waals surface area contributed by atoms with Crippen LogP contribution in [0.2, 0.25) is 0 Å². The van der Waals surface area contributed by atoms with Gasteiger partial charge in [-0.2, -0.15) is 0 Å². The van der Waals surface area contributed by atoms with Crippen LogP contribution in [0.15, 0.2) is 18.2 Å². The quantitative estimate of drug-likeness (QED) is 0.732. The molecule has 0 aliphatic heterocycles. The molecule has 92 valence electrons. The molecule has 0 aliphatic rings. The predicted octanol–water partition coefficient (Wildman–Crippen LogP) is 1.03. The van der Waals surface area contributed by atoms with E-state index < -0.39 is 5.97 Å². The predicted molar refractivity (Wildman–Crippen MR) is 62.6 cm³/mol. The first-order valence-corrected chi connectivity index (χ1v) is 5.38. The largest absolute Gasteiger partial charge is 0.468 e. The van der Waals surface area contributed by atoms with Crippen molar-refractivity contribution in [1.29, 1.82) is 0 Å². The molecule has 1 amide bonds. The number of amides is 1. The van der Waals surface area contributed by atoms with Crippen molar-refractivity contribution >= 4 is 11.9 Å². The van der Waals surface area contributed by atoms with Gasteiger partial charge in [0.05, 0.1) is 7.11 Å². The molecule has 0 unspecified atom stereocenters. The number of ether oxygens (including phenoxy) is 1. The summed E-state index contributed by atoms with van der Waals surface area (Å²) >= 11 is 0. The molecule has 0 bridgehead atoms. The van der Waals surface area contributed by atoms with Gasteiger partial charge in [0.1, 0.15) is 12.2 Å². The summed E-state index contributed by atoms with van der Waals surface area (Å²) in [6, 6.07) is 5.21. The molecule has 0 radical (unpaired) electrons. The molecular weight excluding hydrogens is 220 g/mol. The van der Waals surface area contributed by atoms with Crippen LogP contribution in [0.3, 0.4) is 0 Å². The minimum Gasteiger partial charge on any atom is -0.468 e. The zero-order chi connectivity index (χ0) is 12.8. The molecule has 17 heavy (non-hydrogen) atoms. The van der Waals surface area contributed by atoms with E-state index in [-0.39, 0.29) is 12.5 Å². The number of carbonyl (C=O) groups excluding carboxylic acids is 2. The summed E-state index contributed by atoms with van der Waals surface area (Å²) in [6.07, 6.45) is 0. The van der Waals surface area contributed by atoms with Crippen molar-refractivity contribution in [3.8, 4) is 0 Å². The van der Waals surface area contributed by atoms with Gasteiger partial charge in [0.25, 0.3) is 5.91 Å². The standard InChI is InChI=1S/C12H16N2O3/c1-4-14(8-11(15)17-3)12(16)10-7-5-6-9(2)13-10/h5-7H,4,8H2,1-3H3. The minimum absolute atomic E-state index is 0.0541. The molecule has 1 heterocycles. The van der Waals surface area contributed by atoms with Crippen molar-refractivity contribution in [2.75, 3.05) is 20.2 Å². The van der Waals surface area contributed by atoms with Crippen molar-refractivity contribution in [2.24, 2.45) is 0 Å². The Morgan fingerprint density at radius 1 is 1.41 bits per heavy atom. The lowest BCUT2D eigenvalue weighted by atomic mass is 10.3. The third-order valence-corrected chi connectivity index (χ3v) is 2.32. The summed E-state index contributed by atoms with van der Waals surface area (Å²) in [6.45, 7) is 4.00. The first kappa shape index (κ1) is 13.2. The van der Waals surface area contributed by atoms with Gasteiger partial charge in [0.15, 0.2) is 0 Å². The summed E-state index contributed by atoms with van der Waals surface area (Å²) in [4.78, 5) is 28.7. The van der Waals surface area contributed by atoms with Crippen molar-refractivity contribution < 1.29 is 14.3 Å². The number of carbonyl (C=O) groups is 2. The zero-order valence-electron chi connectivity index (χ0n) is 10.3. The van der Waals surface area contributed by atoms with Crippen molar-refractivity contribution in [1.82, 2.24) is 9.88 Å². The number of esters is 1. The molecule has 0 N–H and O–H groups in total. The lowest BCUT2D eigenvalue weighted by Crippen LogP contribution is -2.36. The number of likely N-dealkylation sites (N-methyl/N-ethyl adjacent to an activating group) is 1. The Morgan fingerprint density at radius 2 is 2.12 bits per heavy atom. The van der Waals surface area contributed by atoms with E-state index in [0.717, 1.165) is 5.69 Å². The molecule has 0 aromatic carbocycles. The highest BCUT2D eigenvalue weighted by atomic mass is 16.5. The number of aryl methyl sites for hydroxylation is 1. The van der Waals surface area contributed by atoms with Gasteiger partial charge in [-0.1, -0.05) is 6.07 Å². The summed E-state index contributed by atoms with van der Waals surface area (Å²) in [5, 5.41) is 0. The van der Waals surface area contributed by atoms with E-state index in [9.17, 15) is 9.59 Å². The number of hydrogen-bond donors (Lipinski definition) is 0. The van der Waals surface area contributed by atoms with Crippen LogP contribution in [0.1, 0.15) is 23.1 Å². The van der Waals surface area contributed by atoms with Crippen LogP contribution in [0.5, 0.6) is 0 Å². The molecular formula is C12H16N2O3. The highest BCUT2D eigenvalue weighted by Crippen LogP contribution is 2.03. The summed E-state index contributed by atoms with van der Waals surface area (Å²) in [5.74, 6) is -0.700. The van der Waals surface area contributed by atoms with E-state index in [4.69, 9.17) is 0 Å². The first-order chi connectivity index (χ1) is 8.08. The topological polar surface area (TPSA) is 59.5 Å². The number of aromatic nitrogens is 1. The maximum absolute atomic E-state index is 12.0. The number of hydrogen-bond acceptors (Lipinski definition) is 4. The molecule has 0 atom stereocenters. The highest BCUT2D eigenvalue weighted by molar-refractivity contribution is 5.94. The van der Waals surface area contributed by atoms with Gasteiger partial charge in [-0.05, 0) is 26.0 Å². The molecule has 0 spiro atoms. The van der Waals surface area contributed by atoms with Crippen molar-refractivity contribution in [3.63, 3.8) is 0 Å². The Morgan fingerprint density at radius 3 is 2.65 bits per heavy atom. The van der Waals surface area contributed by atoms with Crippen LogP contribution in [0.25, 0.3) is 0 Å². The molecule has 0 fully saturated rings. The lowest BCUT2D eigenvalue weighted by Gasteiger charge is -2.18. The Bertz CT molecular complexity index is 418. The number of methoxy groups -OCH3 is 1. The first-order valence-electron chi connectivity index (χ1n) is 5.38. The SMILES string of the molecule is CCN(CC(=O)OC)C(=O)c1cccc(C)n1. The fraction of sp³-hybridized carbons (Fsp3) is 0.417. The van der Waals surface area contributed by atoms with E-state index >= 15 is 0 Å². The second kappa shape index (κ2) is 5.98. The lowest BCUT2D eigenvalue weighted by molar-refractivity contribution is -0.141. The van der Waals surface area contributed by atoms with Gasteiger partial charge in [-0.15, -0.1) is 0 Å². The van der Waals surface area contributed by atoms with E-state index in [1.807, 2.05) is 13.0 Å². The second-order valence-electron chi connectivity index (χ2n) is 3.56. The zero-order valence-corrected chi connectivity index (χ0v) is 10.3. The van der Waals surface area contributed by atoms with E-state index in [0.29, 0.717) is 12.2 Å². The number of pyridine rings is 1. The average molecular weight is 236 g/mol. The fourth-order valence-corrected chi connectivity index (χ4v) is 1.37. The third-order valence-electron chi connectivity index (χ3n) is 2.32. The summed E-state index contributed by atoms with van der Waals surface area (Å²) in [5.41, 5.74) is 1.11. The Balaban J connectivity index is 2.82. The third kappa shape index (κ3) is 3.55. The number of nitrogens with zero attached hydrogens (tertiary/aromatic N) is 2. The summed E-state index contributed by atoms with van der Waals surface area (Å²) in [7, 11) is 1.30. The van der Waals surface area contributed by atoms with Crippen LogP contribution in [-0.4, -0.2) is 42.0 Å². The average Bonchev–Trinajstić information content (AvgIpc) is 2.34. The monoisotopic (exact) mass is 236 g/mol. The Hall–Kier alpha value is -1.91. The van der Waals surface area contributed by atoms with Gasteiger partial charge >= 0.3 is 5.97 Å². The molecule has 1 aromatic rings. The second-order valence-corrected chi connectivity index (χ2v) is 3.56. The Labute approximate surface area is 100 Å². The smallest absolute Gasteiger partial charge is 0.325 e. The van der Waals surface area contributed by atoms with E-state index in [1.54, 1.807) is 19.1 Å². The van der Waals surface area contributed by atoms with Gasteiger partial charge in [0, 0.05) is 12.2 Å². The minimum atomic E-state index is -0.437. The number of rotatable bonds is 4. The maximum Gasteiger partial charge on any atom is 0.325 e. The van der Waals surface area contributed by atoms with Gasteiger partial charge in [0.2, 0.25) is 0 Å². The van der Waals surface area contributed by atoms with Gasteiger partial charge in [-0.3, -0.25) is 9.59 Å². The van der Waals surface area contributed by atoms with Crippen molar-refractivity contribution in [2.45, 2.75) is 13.8 Å². The molecule has 5 nitrogen and oxygen atoms in total. The molecule has 0 aliphatic carbocycles. The molecule has 5 heteroatoms. The van der Waals surface area contributed by atoms with Crippen LogP contribution in [0, 0.1) is 6.92 Å². The maximum atomic E-state index is 12.0. The molecule has 0 saturated carbocycles. The van der Waals surface area contributed by atoms with Gasteiger partial charge in [-0.25, -0.2) is 4.98 Å². The highest BCUT2D eigenvalue weighted by Gasteiger charge is 2.18. The van der Waals surface area contributed by atoms with Crippen LogP contribution >= 0.6 is 0 Å². The molecule has 1 rings (SSSR count). The Kier molecular flexibility index (Phi) is 4.63. The normalized spacial score (nSPS) is 9.82. The van der Waals surface area contributed by atoms with E-state index in [2.05, 4.69) is 9.72 Å². The fourth-order valence-electron chi connectivity index (χ4n) is 1.37.